The predicted octanol–water partition coefficient (Wildman–Crippen LogP) is 0.789. The van der Waals surface area contributed by atoms with Crippen molar-refractivity contribution in [2.45, 2.75) is 44.7 Å². The summed E-state index contributed by atoms with van der Waals surface area (Å²) in [6.45, 7) is 5.49. The summed E-state index contributed by atoms with van der Waals surface area (Å²) in [6, 6.07) is 0.900. The first-order valence-electron chi connectivity index (χ1n) is 7.99. The highest BCUT2D eigenvalue weighted by molar-refractivity contribution is 4.94. The van der Waals surface area contributed by atoms with Gasteiger partial charge in [0.1, 0.15) is 0 Å². The van der Waals surface area contributed by atoms with E-state index in [1.807, 2.05) is 7.05 Å². The largest absolute Gasteiger partial charge is 0.339 e. The second kappa shape index (κ2) is 7.87. The minimum atomic E-state index is 0.423. The highest BCUT2D eigenvalue weighted by Crippen LogP contribution is 2.12. The Kier molecular flexibility index (Phi) is 6.14. The molecule has 120 valence electrons. The van der Waals surface area contributed by atoms with Crippen molar-refractivity contribution in [1.82, 2.24) is 25.3 Å². The monoisotopic (exact) mass is 295 g/mol. The summed E-state index contributed by atoms with van der Waals surface area (Å²) >= 11 is 0. The number of likely N-dealkylation sites (N-methyl/N-ethyl adjacent to an activating group) is 3. The van der Waals surface area contributed by atoms with Crippen LogP contribution in [-0.2, 0) is 12.8 Å². The van der Waals surface area contributed by atoms with Crippen LogP contribution in [0.1, 0.15) is 31.5 Å². The smallest absolute Gasteiger partial charge is 0.228 e. The van der Waals surface area contributed by atoms with Gasteiger partial charge < -0.3 is 19.6 Å². The Hall–Kier alpha value is -0.980. The third-order valence-corrected chi connectivity index (χ3v) is 4.37. The van der Waals surface area contributed by atoms with Gasteiger partial charge in [0.15, 0.2) is 5.82 Å². The van der Waals surface area contributed by atoms with Gasteiger partial charge in [-0.2, -0.15) is 4.98 Å². The molecule has 2 rings (SSSR count). The first-order chi connectivity index (χ1) is 10.1. The highest BCUT2D eigenvalue weighted by Gasteiger charge is 2.24. The minimum absolute atomic E-state index is 0.423. The van der Waals surface area contributed by atoms with Gasteiger partial charge in [0.2, 0.25) is 5.89 Å². The second-order valence-corrected chi connectivity index (χ2v) is 6.18. The van der Waals surface area contributed by atoms with Crippen molar-refractivity contribution >= 4 is 0 Å². The fourth-order valence-corrected chi connectivity index (χ4v) is 2.90. The average molecular weight is 295 g/mol. The molecule has 1 aliphatic heterocycles. The maximum absolute atomic E-state index is 5.41. The van der Waals surface area contributed by atoms with E-state index in [1.54, 1.807) is 0 Å². The lowest BCUT2D eigenvalue weighted by Gasteiger charge is -2.37. The number of hydrogen-bond acceptors (Lipinski definition) is 6. The molecule has 6 nitrogen and oxygen atoms in total. The molecule has 1 fully saturated rings. The van der Waals surface area contributed by atoms with Crippen LogP contribution >= 0.6 is 0 Å². The first kappa shape index (κ1) is 16.4. The summed E-state index contributed by atoms with van der Waals surface area (Å²) in [6.07, 6.45) is 3.97. The first-order valence-corrected chi connectivity index (χ1v) is 7.99. The molecule has 0 aliphatic carbocycles. The van der Waals surface area contributed by atoms with Gasteiger partial charge in [-0.15, -0.1) is 0 Å². The van der Waals surface area contributed by atoms with Crippen molar-refractivity contribution < 1.29 is 4.52 Å². The van der Waals surface area contributed by atoms with Crippen LogP contribution in [0.15, 0.2) is 4.52 Å². The van der Waals surface area contributed by atoms with Crippen molar-refractivity contribution in [1.29, 1.82) is 0 Å². The molecule has 0 spiro atoms. The zero-order valence-corrected chi connectivity index (χ0v) is 13.8. The zero-order valence-electron chi connectivity index (χ0n) is 13.8. The fraction of sp³-hybridized carbons (Fsp3) is 0.867. The van der Waals surface area contributed by atoms with Crippen LogP contribution in [0.5, 0.6) is 0 Å². The normalized spacial score (nSPS) is 22.6. The molecule has 1 N–H and O–H groups in total. The predicted molar refractivity (Wildman–Crippen MR) is 83.4 cm³/mol. The van der Waals surface area contributed by atoms with E-state index in [4.69, 9.17) is 4.52 Å². The quantitative estimate of drug-likeness (QED) is 0.802. The van der Waals surface area contributed by atoms with Gasteiger partial charge in [-0.05, 0) is 27.6 Å². The van der Waals surface area contributed by atoms with Gasteiger partial charge in [-0.25, -0.2) is 0 Å². The standard InChI is InChI=1S/C15H29N5O/c1-5-6-12(16-2)9-15-17-14(18-21-15)10-13-11-19(3)7-8-20(13)4/h12-13,16H,5-11H2,1-4H3. The molecule has 1 aromatic rings. The van der Waals surface area contributed by atoms with E-state index in [9.17, 15) is 0 Å². The van der Waals surface area contributed by atoms with Gasteiger partial charge in [0.05, 0.1) is 0 Å². The number of nitrogens with one attached hydrogen (secondary N) is 1. The molecule has 0 saturated carbocycles. The summed E-state index contributed by atoms with van der Waals surface area (Å²) in [5.41, 5.74) is 0. The summed E-state index contributed by atoms with van der Waals surface area (Å²) in [4.78, 5) is 9.33. The molecule has 21 heavy (non-hydrogen) atoms. The Morgan fingerprint density at radius 2 is 2.19 bits per heavy atom. The van der Waals surface area contributed by atoms with Crippen LogP contribution in [0.4, 0.5) is 0 Å². The number of nitrogens with zero attached hydrogens (tertiary/aromatic N) is 4. The fourth-order valence-electron chi connectivity index (χ4n) is 2.90. The van der Waals surface area contributed by atoms with Gasteiger partial charge in [0, 0.05) is 44.6 Å². The molecule has 0 aromatic carbocycles. The molecular formula is C15H29N5O. The van der Waals surface area contributed by atoms with E-state index in [0.717, 1.165) is 57.0 Å². The van der Waals surface area contributed by atoms with Crippen molar-refractivity contribution in [3.8, 4) is 0 Å². The molecule has 6 heteroatoms. The summed E-state index contributed by atoms with van der Waals surface area (Å²) < 4.78 is 5.41. The molecule has 2 atom stereocenters. The van der Waals surface area contributed by atoms with Gasteiger partial charge in [0.25, 0.3) is 0 Å². The molecule has 1 saturated heterocycles. The van der Waals surface area contributed by atoms with Crippen LogP contribution in [0.25, 0.3) is 0 Å². The van der Waals surface area contributed by atoms with Crippen LogP contribution < -0.4 is 5.32 Å². The van der Waals surface area contributed by atoms with Crippen LogP contribution in [-0.4, -0.2) is 72.8 Å². The van der Waals surface area contributed by atoms with Crippen molar-refractivity contribution in [3.05, 3.63) is 11.7 Å². The number of piperazine rings is 1. The summed E-state index contributed by atoms with van der Waals surface area (Å²) in [5.74, 6) is 1.59. The van der Waals surface area contributed by atoms with E-state index in [2.05, 4.69) is 46.3 Å². The average Bonchev–Trinajstić information content (AvgIpc) is 2.89. The molecule has 0 radical (unpaired) electrons. The van der Waals surface area contributed by atoms with E-state index in [-0.39, 0.29) is 0 Å². The second-order valence-electron chi connectivity index (χ2n) is 6.18. The Labute approximate surface area is 127 Å². The maximum Gasteiger partial charge on any atom is 0.228 e. The topological polar surface area (TPSA) is 57.4 Å². The molecule has 1 aliphatic rings. The Balaban J connectivity index is 1.90. The van der Waals surface area contributed by atoms with E-state index >= 15 is 0 Å². The summed E-state index contributed by atoms with van der Waals surface area (Å²) in [7, 11) is 6.34. The van der Waals surface area contributed by atoms with E-state index in [0.29, 0.717) is 12.1 Å². The van der Waals surface area contributed by atoms with Crippen LogP contribution in [0, 0.1) is 0 Å². The van der Waals surface area contributed by atoms with E-state index in [1.165, 1.54) is 0 Å². The SMILES string of the molecule is CCCC(Cc1nc(CC2CN(C)CCN2C)no1)NC. The minimum Gasteiger partial charge on any atom is -0.339 e. The highest BCUT2D eigenvalue weighted by atomic mass is 16.5. The molecular weight excluding hydrogens is 266 g/mol. The number of rotatable bonds is 7. The van der Waals surface area contributed by atoms with Crippen LogP contribution in [0.3, 0.4) is 0 Å². The van der Waals surface area contributed by atoms with Crippen LogP contribution in [0.2, 0.25) is 0 Å². The molecule has 1 aromatic heterocycles. The molecule has 0 amide bonds. The lowest BCUT2D eigenvalue weighted by atomic mass is 10.1. The van der Waals surface area contributed by atoms with Crippen molar-refractivity contribution in [2.24, 2.45) is 0 Å². The Morgan fingerprint density at radius 3 is 2.90 bits per heavy atom. The lowest BCUT2D eigenvalue weighted by Crippen LogP contribution is -2.50. The summed E-state index contributed by atoms with van der Waals surface area (Å²) in [5, 5.41) is 7.47. The third kappa shape index (κ3) is 4.76. The zero-order chi connectivity index (χ0) is 15.2. The van der Waals surface area contributed by atoms with Gasteiger partial charge in [-0.3, -0.25) is 0 Å². The molecule has 2 unspecified atom stereocenters. The van der Waals surface area contributed by atoms with Crippen molar-refractivity contribution in [3.63, 3.8) is 0 Å². The van der Waals surface area contributed by atoms with Crippen molar-refractivity contribution in [2.75, 3.05) is 40.8 Å². The molecule has 0 bridgehead atoms. The van der Waals surface area contributed by atoms with Gasteiger partial charge in [-0.1, -0.05) is 18.5 Å². The number of hydrogen-bond donors (Lipinski definition) is 1. The van der Waals surface area contributed by atoms with E-state index < -0.39 is 0 Å². The molecule has 2 heterocycles. The van der Waals surface area contributed by atoms with Gasteiger partial charge >= 0.3 is 0 Å². The lowest BCUT2D eigenvalue weighted by molar-refractivity contribution is 0.113. The number of aromatic nitrogens is 2. The Morgan fingerprint density at radius 1 is 1.38 bits per heavy atom. The Bertz CT molecular complexity index is 422. The third-order valence-electron chi connectivity index (χ3n) is 4.37. The maximum atomic E-state index is 5.41.